The number of nitrogens with one attached hydrogen (secondary N) is 1. The van der Waals surface area contributed by atoms with Gasteiger partial charge in [-0.1, -0.05) is 13.3 Å². The molecule has 0 aliphatic heterocycles. The molecule has 1 heterocycles. The second-order valence-corrected chi connectivity index (χ2v) is 4.78. The van der Waals surface area contributed by atoms with Crippen molar-refractivity contribution >= 4 is 17.4 Å². The van der Waals surface area contributed by atoms with Crippen LogP contribution in [-0.2, 0) is 0 Å². The molecule has 1 aliphatic carbocycles. The molecule has 0 spiro atoms. The lowest BCUT2D eigenvalue weighted by molar-refractivity contribution is 0.483. The van der Waals surface area contributed by atoms with Crippen molar-refractivity contribution in [1.82, 2.24) is 9.97 Å². The minimum Gasteiger partial charge on any atom is -0.367 e. The second-order valence-electron chi connectivity index (χ2n) is 4.44. The Morgan fingerprint density at radius 1 is 1.56 bits per heavy atom. The van der Waals surface area contributed by atoms with Crippen LogP contribution in [0.25, 0.3) is 0 Å². The third kappa shape index (κ3) is 2.61. The summed E-state index contributed by atoms with van der Waals surface area (Å²) in [6, 6.07) is 0. The highest BCUT2D eigenvalue weighted by Crippen LogP contribution is 2.49. The van der Waals surface area contributed by atoms with Gasteiger partial charge in [0.25, 0.3) is 0 Å². The molecule has 1 saturated carbocycles. The van der Waals surface area contributed by atoms with E-state index in [1.165, 1.54) is 19.3 Å². The smallest absolute Gasteiger partial charge is 0.224 e. The van der Waals surface area contributed by atoms with Crippen molar-refractivity contribution in [2.75, 3.05) is 11.9 Å². The molecule has 0 bridgehead atoms. The van der Waals surface area contributed by atoms with Crippen LogP contribution in [0.3, 0.4) is 0 Å². The van der Waals surface area contributed by atoms with Crippen LogP contribution in [0.2, 0.25) is 5.28 Å². The van der Waals surface area contributed by atoms with Gasteiger partial charge in [0.2, 0.25) is 5.28 Å². The number of rotatable bonds is 5. The topological polar surface area (TPSA) is 37.8 Å². The third-order valence-corrected chi connectivity index (χ3v) is 3.27. The van der Waals surface area contributed by atoms with Crippen LogP contribution in [0.15, 0.2) is 6.20 Å². The monoisotopic (exact) mass is 243 g/mol. The molecular weight excluding hydrogens is 229 g/mol. The van der Waals surface area contributed by atoms with E-state index in [4.69, 9.17) is 11.6 Å². The summed E-state index contributed by atoms with van der Waals surface area (Å²) in [6.45, 7) is 2.94. The van der Waals surface area contributed by atoms with E-state index in [0.717, 1.165) is 19.2 Å². The maximum atomic E-state index is 13.3. The van der Waals surface area contributed by atoms with Gasteiger partial charge in [0.15, 0.2) is 11.6 Å². The molecule has 2 rings (SSSR count). The fourth-order valence-electron chi connectivity index (χ4n) is 1.96. The normalized spacial score (nSPS) is 17.2. The molecular formula is C11H15ClFN3. The van der Waals surface area contributed by atoms with E-state index < -0.39 is 5.82 Å². The maximum Gasteiger partial charge on any atom is 0.224 e. The molecule has 16 heavy (non-hydrogen) atoms. The lowest BCUT2D eigenvalue weighted by Gasteiger charge is -2.15. The van der Waals surface area contributed by atoms with Crippen molar-refractivity contribution in [3.63, 3.8) is 0 Å². The molecule has 88 valence electrons. The summed E-state index contributed by atoms with van der Waals surface area (Å²) in [5.41, 5.74) is 0.360. The molecule has 0 aromatic carbocycles. The zero-order valence-electron chi connectivity index (χ0n) is 9.26. The Morgan fingerprint density at radius 2 is 2.31 bits per heavy atom. The first kappa shape index (κ1) is 11.6. The molecule has 5 heteroatoms. The Kier molecular flexibility index (Phi) is 3.28. The third-order valence-electron chi connectivity index (χ3n) is 3.08. The number of aromatic nitrogens is 2. The Morgan fingerprint density at radius 3 is 2.94 bits per heavy atom. The summed E-state index contributed by atoms with van der Waals surface area (Å²) in [6.07, 6.45) is 5.87. The minimum atomic E-state index is -0.448. The van der Waals surface area contributed by atoms with Gasteiger partial charge in [0, 0.05) is 6.54 Å². The van der Waals surface area contributed by atoms with E-state index in [-0.39, 0.29) is 11.1 Å². The van der Waals surface area contributed by atoms with Crippen LogP contribution in [-0.4, -0.2) is 16.5 Å². The average molecular weight is 244 g/mol. The van der Waals surface area contributed by atoms with Crippen molar-refractivity contribution in [2.45, 2.75) is 32.6 Å². The van der Waals surface area contributed by atoms with Gasteiger partial charge in [0.1, 0.15) is 0 Å². The molecule has 1 N–H and O–H groups in total. The summed E-state index contributed by atoms with van der Waals surface area (Å²) < 4.78 is 13.3. The van der Waals surface area contributed by atoms with E-state index in [0.29, 0.717) is 5.41 Å². The predicted octanol–water partition coefficient (Wildman–Crippen LogP) is 3.26. The molecule has 0 atom stereocenters. The predicted molar refractivity (Wildman–Crippen MR) is 62.1 cm³/mol. The quantitative estimate of drug-likeness (QED) is 0.807. The van der Waals surface area contributed by atoms with E-state index in [1.807, 2.05) is 0 Å². The molecule has 1 aromatic rings. The van der Waals surface area contributed by atoms with Crippen LogP contribution >= 0.6 is 11.6 Å². The Hall–Kier alpha value is -0.900. The molecule has 1 aromatic heterocycles. The highest BCUT2D eigenvalue weighted by molar-refractivity contribution is 6.28. The van der Waals surface area contributed by atoms with Gasteiger partial charge in [-0.05, 0) is 36.3 Å². The van der Waals surface area contributed by atoms with E-state index in [2.05, 4.69) is 22.2 Å². The number of hydrogen-bond acceptors (Lipinski definition) is 3. The molecule has 0 radical (unpaired) electrons. The van der Waals surface area contributed by atoms with Crippen LogP contribution in [0.5, 0.6) is 0 Å². The first-order valence-corrected chi connectivity index (χ1v) is 5.95. The van der Waals surface area contributed by atoms with E-state index in [1.54, 1.807) is 0 Å². The average Bonchev–Trinajstić information content (AvgIpc) is 3.01. The van der Waals surface area contributed by atoms with Gasteiger partial charge >= 0.3 is 0 Å². The summed E-state index contributed by atoms with van der Waals surface area (Å²) >= 11 is 5.61. The number of anilines is 1. The van der Waals surface area contributed by atoms with E-state index in [9.17, 15) is 4.39 Å². The van der Waals surface area contributed by atoms with Gasteiger partial charge in [-0.2, -0.15) is 4.98 Å². The molecule has 1 aliphatic rings. The first-order valence-electron chi connectivity index (χ1n) is 5.57. The molecule has 3 nitrogen and oxygen atoms in total. The van der Waals surface area contributed by atoms with Gasteiger partial charge in [0.05, 0.1) is 6.20 Å². The number of nitrogens with zero attached hydrogens (tertiary/aromatic N) is 2. The standard InChI is InChI=1S/C11H15ClFN3/c1-2-3-11(4-5-11)7-15-9-8(13)6-14-10(12)16-9/h6H,2-5,7H2,1H3,(H,14,15,16). The molecule has 1 fully saturated rings. The van der Waals surface area contributed by atoms with E-state index >= 15 is 0 Å². The van der Waals surface area contributed by atoms with Crippen molar-refractivity contribution in [3.05, 3.63) is 17.3 Å². The first-order chi connectivity index (χ1) is 7.65. The van der Waals surface area contributed by atoms with Gasteiger partial charge in [-0.25, -0.2) is 9.37 Å². The molecule has 0 unspecified atom stereocenters. The van der Waals surface area contributed by atoms with Crippen molar-refractivity contribution in [2.24, 2.45) is 5.41 Å². The van der Waals surface area contributed by atoms with Gasteiger partial charge in [-0.15, -0.1) is 0 Å². The number of halogens is 2. The summed E-state index contributed by atoms with van der Waals surface area (Å²) in [4.78, 5) is 7.41. The van der Waals surface area contributed by atoms with Crippen LogP contribution < -0.4 is 5.32 Å². The lowest BCUT2D eigenvalue weighted by atomic mass is 10.0. The van der Waals surface area contributed by atoms with Gasteiger partial charge < -0.3 is 5.32 Å². The Bertz CT molecular complexity index is 379. The van der Waals surface area contributed by atoms with Crippen LogP contribution in [0.4, 0.5) is 10.2 Å². The van der Waals surface area contributed by atoms with Crippen molar-refractivity contribution < 1.29 is 4.39 Å². The van der Waals surface area contributed by atoms with Gasteiger partial charge in [-0.3, -0.25) is 0 Å². The highest BCUT2D eigenvalue weighted by Gasteiger charge is 2.41. The van der Waals surface area contributed by atoms with Crippen molar-refractivity contribution in [1.29, 1.82) is 0 Å². The molecule has 0 amide bonds. The summed E-state index contributed by atoms with van der Waals surface area (Å²) in [7, 11) is 0. The maximum absolute atomic E-state index is 13.3. The fraction of sp³-hybridized carbons (Fsp3) is 0.636. The zero-order chi connectivity index (χ0) is 11.6. The largest absolute Gasteiger partial charge is 0.367 e. The van der Waals surface area contributed by atoms with Crippen molar-refractivity contribution in [3.8, 4) is 0 Å². The van der Waals surface area contributed by atoms with Crippen LogP contribution in [0, 0.1) is 11.2 Å². The number of hydrogen-bond donors (Lipinski definition) is 1. The summed E-state index contributed by atoms with van der Waals surface area (Å²) in [5, 5.41) is 3.10. The van der Waals surface area contributed by atoms with Crippen LogP contribution in [0.1, 0.15) is 32.6 Å². The summed E-state index contributed by atoms with van der Waals surface area (Å²) in [5.74, 6) is -0.237. The molecule has 0 saturated heterocycles. The Balaban J connectivity index is 1.97. The zero-order valence-corrected chi connectivity index (χ0v) is 10.0. The lowest BCUT2D eigenvalue weighted by Crippen LogP contribution is -2.17. The highest BCUT2D eigenvalue weighted by atomic mass is 35.5. The SMILES string of the molecule is CCCC1(CNc2nc(Cl)ncc2F)CC1. The fourth-order valence-corrected chi connectivity index (χ4v) is 2.10. The Labute approximate surface area is 99.4 Å². The second kappa shape index (κ2) is 4.53. The minimum absolute atomic E-state index is 0.0734.